The summed E-state index contributed by atoms with van der Waals surface area (Å²) in [5, 5.41) is 15.2. The van der Waals surface area contributed by atoms with Crippen LogP contribution in [0.5, 0.6) is 0 Å². The molecule has 0 aromatic heterocycles. The van der Waals surface area contributed by atoms with Gasteiger partial charge in [0.05, 0.1) is 11.5 Å². The molecule has 2 aromatic rings. The van der Waals surface area contributed by atoms with Crippen molar-refractivity contribution < 1.29 is 23.5 Å². The molecule has 1 aliphatic rings. The molecule has 0 heterocycles. The summed E-state index contributed by atoms with van der Waals surface area (Å²) in [5.41, 5.74) is 7.49. The number of benzene rings is 2. The molecule has 4 N–H and O–H groups in total. The first-order chi connectivity index (χ1) is 21.1. The van der Waals surface area contributed by atoms with Gasteiger partial charge in [-0.05, 0) is 73.9 Å². The van der Waals surface area contributed by atoms with Crippen molar-refractivity contribution in [3.05, 3.63) is 94.1 Å². The molecule has 0 fully saturated rings. The number of amides is 2. The molecule has 44 heavy (non-hydrogen) atoms. The Morgan fingerprint density at radius 1 is 1.05 bits per heavy atom. The van der Waals surface area contributed by atoms with Crippen LogP contribution in [-0.4, -0.2) is 47.6 Å². The summed E-state index contributed by atoms with van der Waals surface area (Å²) < 4.78 is 28.8. The van der Waals surface area contributed by atoms with E-state index in [0.717, 1.165) is 18.1 Å². The normalized spacial score (nSPS) is 17.5. The molecule has 3 atom stereocenters. The zero-order valence-corrected chi connectivity index (χ0v) is 26.3. The number of aliphatic hydroxyl groups is 1. The lowest BCUT2D eigenvalue weighted by Crippen LogP contribution is -2.54. The molecule has 0 saturated carbocycles. The summed E-state index contributed by atoms with van der Waals surface area (Å²) >= 11 is 0. The summed E-state index contributed by atoms with van der Waals surface area (Å²) in [7, 11) is 0. The van der Waals surface area contributed by atoms with Gasteiger partial charge in [0.1, 0.15) is 11.6 Å². The van der Waals surface area contributed by atoms with Gasteiger partial charge in [0.15, 0.2) is 0 Å². The van der Waals surface area contributed by atoms with Crippen molar-refractivity contribution in [2.24, 2.45) is 17.1 Å². The van der Waals surface area contributed by atoms with E-state index in [2.05, 4.69) is 36.2 Å². The van der Waals surface area contributed by atoms with Crippen molar-refractivity contribution >= 4 is 11.8 Å². The number of carbonyl (C=O) groups is 2. The lowest BCUT2D eigenvalue weighted by molar-refractivity contribution is -0.145. The molecule has 1 unspecified atom stereocenters. The zero-order chi connectivity index (χ0) is 32.3. The van der Waals surface area contributed by atoms with Crippen LogP contribution in [0.3, 0.4) is 0 Å². The first-order valence-corrected chi connectivity index (χ1v) is 15.4. The van der Waals surface area contributed by atoms with Crippen LogP contribution in [0.1, 0.15) is 63.6 Å². The summed E-state index contributed by atoms with van der Waals surface area (Å²) in [6.45, 7) is 9.18. The first kappa shape index (κ1) is 34.7. The van der Waals surface area contributed by atoms with E-state index in [1.807, 2.05) is 26.0 Å². The van der Waals surface area contributed by atoms with Gasteiger partial charge in [-0.15, -0.1) is 5.92 Å². The molecule has 6 nitrogen and oxygen atoms in total. The molecular formula is C36H45F2N3O3. The van der Waals surface area contributed by atoms with Gasteiger partial charge in [-0.3, -0.25) is 9.59 Å². The monoisotopic (exact) mass is 605 g/mol. The van der Waals surface area contributed by atoms with Crippen molar-refractivity contribution in [2.75, 3.05) is 19.6 Å². The highest BCUT2D eigenvalue weighted by atomic mass is 19.1. The number of nitrogens with zero attached hydrogens (tertiary/aromatic N) is 1. The lowest BCUT2D eigenvalue weighted by atomic mass is 9.63. The highest BCUT2D eigenvalue weighted by molar-refractivity contribution is 5.96. The molecule has 0 spiro atoms. The fourth-order valence-corrected chi connectivity index (χ4v) is 6.09. The molecule has 0 radical (unpaired) electrons. The number of nitrogens with two attached hydrogens (primary N) is 1. The Balaban J connectivity index is 2.15. The summed E-state index contributed by atoms with van der Waals surface area (Å²) in [5.74, 6) is 2.44. The average Bonchev–Trinajstić information content (AvgIpc) is 2.99. The van der Waals surface area contributed by atoms with Gasteiger partial charge in [-0.2, -0.15) is 0 Å². The topological polar surface area (TPSA) is 95.7 Å². The Labute approximate surface area is 260 Å². The van der Waals surface area contributed by atoms with Crippen LogP contribution < -0.4 is 11.1 Å². The van der Waals surface area contributed by atoms with Gasteiger partial charge in [0, 0.05) is 49.3 Å². The van der Waals surface area contributed by atoms with E-state index in [9.17, 15) is 23.5 Å². The summed E-state index contributed by atoms with van der Waals surface area (Å²) in [6, 6.07) is 11.3. The van der Waals surface area contributed by atoms with Crippen LogP contribution in [0.4, 0.5) is 8.78 Å². The molecule has 0 bridgehead atoms. The van der Waals surface area contributed by atoms with Crippen LogP contribution in [0, 0.1) is 34.8 Å². The average molecular weight is 606 g/mol. The maximum Gasteiger partial charge on any atom is 0.244 e. The van der Waals surface area contributed by atoms with Crippen LogP contribution in [0.15, 0.2) is 65.8 Å². The highest BCUT2D eigenvalue weighted by Crippen LogP contribution is 2.46. The number of aryl methyl sites for hydroxylation is 1. The van der Waals surface area contributed by atoms with Crippen LogP contribution in [-0.2, 0) is 29.0 Å². The Hall–Kier alpha value is -3.80. The second-order valence-electron chi connectivity index (χ2n) is 11.5. The van der Waals surface area contributed by atoms with Crippen molar-refractivity contribution in [2.45, 2.75) is 72.4 Å². The number of halogens is 2. The number of primary amides is 1. The largest absolute Gasteiger partial charge is 0.391 e. The van der Waals surface area contributed by atoms with Crippen molar-refractivity contribution in [1.29, 1.82) is 0 Å². The molecule has 2 aromatic carbocycles. The second kappa shape index (κ2) is 16.3. The summed E-state index contributed by atoms with van der Waals surface area (Å²) in [6.07, 6.45) is 4.35. The Bertz CT molecular complexity index is 1420. The Morgan fingerprint density at radius 3 is 2.30 bits per heavy atom. The minimum atomic E-state index is -1.46. The second-order valence-corrected chi connectivity index (χ2v) is 11.5. The maximum absolute atomic E-state index is 14.7. The third kappa shape index (κ3) is 8.87. The molecule has 236 valence electrons. The Kier molecular flexibility index (Phi) is 12.9. The quantitative estimate of drug-likeness (QED) is 0.242. The predicted octanol–water partition coefficient (Wildman–Crippen LogP) is 5.24. The fraction of sp³-hybridized carbons (Fsp3) is 0.444. The van der Waals surface area contributed by atoms with Crippen LogP contribution >= 0.6 is 0 Å². The fourth-order valence-electron chi connectivity index (χ4n) is 6.09. The van der Waals surface area contributed by atoms with Crippen molar-refractivity contribution in [3.63, 3.8) is 0 Å². The number of allylic oxidation sites excluding steroid dienone is 2. The van der Waals surface area contributed by atoms with E-state index in [0.29, 0.717) is 43.6 Å². The lowest BCUT2D eigenvalue weighted by Gasteiger charge is -2.44. The van der Waals surface area contributed by atoms with Crippen molar-refractivity contribution in [3.8, 4) is 11.8 Å². The Morgan fingerprint density at radius 2 is 1.70 bits per heavy atom. The van der Waals surface area contributed by atoms with E-state index in [-0.39, 0.29) is 30.9 Å². The van der Waals surface area contributed by atoms with E-state index in [1.54, 1.807) is 24.0 Å². The van der Waals surface area contributed by atoms with Gasteiger partial charge < -0.3 is 21.1 Å². The maximum atomic E-state index is 14.7. The van der Waals surface area contributed by atoms with E-state index < -0.39 is 35.0 Å². The van der Waals surface area contributed by atoms with Crippen LogP contribution in [0.2, 0.25) is 0 Å². The van der Waals surface area contributed by atoms with Crippen LogP contribution in [0.25, 0.3) is 0 Å². The molecule has 1 aliphatic carbocycles. The van der Waals surface area contributed by atoms with E-state index >= 15 is 0 Å². The van der Waals surface area contributed by atoms with Gasteiger partial charge in [0.25, 0.3) is 0 Å². The minimum absolute atomic E-state index is 0.0317. The number of nitrogens with one attached hydrogen (secondary N) is 1. The van der Waals surface area contributed by atoms with Gasteiger partial charge in [-0.1, -0.05) is 57.0 Å². The van der Waals surface area contributed by atoms with Crippen molar-refractivity contribution in [1.82, 2.24) is 10.2 Å². The van der Waals surface area contributed by atoms with E-state index in [1.165, 1.54) is 17.7 Å². The number of hydrogen-bond acceptors (Lipinski definition) is 4. The highest BCUT2D eigenvalue weighted by Gasteiger charge is 2.50. The predicted molar refractivity (Wildman–Crippen MR) is 170 cm³/mol. The number of carbonyl (C=O) groups excluding carboxylic acids is 2. The van der Waals surface area contributed by atoms with E-state index in [4.69, 9.17) is 5.73 Å². The van der Waals surface area contributed by atoms with Gasteiger partial charge in [-0.25, -0.2) is 8.78 Å². The number of hydrogen-bond donors (Lipinski definition) is 3. The standard InChI is InChI=1S/C36H45F2N3O3/c1-5-10-26-16-29(34(39)43)22-36(21-26,35(44)41(13-6-2)14-7-3)32(19-28-17-30(37)20-31(38)18-28)33(42)24-40-23-27-12-9-11-25(8-4)15-27/h9,11-12,15-18,20-21,32-33,40,42H,6-8,13-14,19,22-24H2,1-4H3,(H2,39,43)/t32-,33+,36?/m1/s1. The molecule has 0 saturated heterocycles. The smallest absolute Gasteiger partial charge is 0.244 e. The first-order valence-electron chi connectivity index (χ1n) is 15.4. The zero-order valence-electron chi connectivity index (χ0n) is 26.3. The molecule has 0 aliphatic heterocycles. The SMILES string of the molecule is CC#CC1=CC(C(=O)N(CCC)CCC)([C@H](Cc2cc(F)cc(F)c2)[C@@H](O)CNCc2cccc(CC)c2)CC(C(N)=O)=C1. The van der Waals surface area contributed by atoms with Gasteiger partial charge >= 0.3 is 0 Å². The molecule has 8 heteroatoms. The number of aliphatic hydroxyl groups excluding tert-OH is 1. The third-order valence-electron chi connectivity index (χ3n) is 8.07. The minimum Gasteiger partial charge on any atom is -0.391 e. The molecule has 2 amide bonds. The summed E-state index contributed by atoms with van der Waals surface area (Å²) in [4.78, 5) is 29.1. The van der Waals surface area contributed by atoms with Gasteiger partial charge in [0.2, 0.25) is 11.8 Å². The number of rotatable bonds is 15. The third-order valence-corrected chi connectivity index (χ3v) is 8.07. The molecule has 3 rings (SSSR count). The molecular weight excluding hydrogens is 560 g/mol.